The number of phenolic OH excluding ortho intramolecular Hbond substituents is 1. The van der Waals surface area contributed by atoms with Crippen LogP contribution in [0.2, 0.25) is 0 Å². The van der Waals surface area contributed by atoms with Gasteiger partial charge in [0, 0.05) is 25.7 Å². The van der Waals surface area contributed by atoms with E-state index < -0.39 is 24.0 Å². The minimum atomic E-state index is -1.19. The van der Waals surface area contributed by atoms with Crippen molar-refractivity contribution in [3.05, 3.63) is 59.7 Å². The van der Waals surface area contributed by atoms with E-state index in [0.29, 0.717) is 18.9 Å². The molecule has 0 unspecified atom stereocenters. The summed E-state index contributed by atoms with van der Waals surface area (Å²) in [6.45, 7) is 3.93. The molecule has 0 aliphatic carbocycles. The minimum absolute atomic E-state index is 0. The van der Waals surface area contributed by atoms with Crippen molar-refractivity contribution in [1.29, 1.82) is 0 Å². The molecule has 212 valence electrons. The van der Waals surface area contributed by atoms with Gasteiger partial charge in [0.15, 0.2) is 5.96 Å². The molecule has 2 aromatic carbocycles. The van der Waals surface area contributed by atoms with Crippen LogP contribution in [-0.4, -0.2) is 74.5 Å². The lowest BCUT2D eigenvalue weighted by Crippen LogP contribution is -2.49. The highest BCUT2D eigenvalue weighted by molar-refractivity contribution is 5.97. The van der Waals surface area contributed by atoms with Crippen molar-refractivity contribution in [2.24, 2.45) is 4.99 Å². The molecule has 1 aliphatic rings. The maximum Gasteiger partial charge on any atom is 0.408 e. The molecular weight excluding hydrogens is 530 g/mol. The number of hydrogen-bond acceptors (Lipinski definition) is 10. The van der Waals surface area contributed by atoms with E-state index in [4.69, 9.17) is 14.2 Å². The van der Waals surface area contributed by atoms with Crippen LogP contribution in [0.4, 0.5) is 4.79 Å². The number of aromatic hydroxyl groups is 1. The number of nitrogens with zero attached hydrogens (tertiary/aromatic N) is 1. The van der Waals surface area contributed by atoms with E-state index in [9.17, 15) is 19.5 Å². The summed E-state index contributed by atoms with van der Waals surface area (Å²) in [5.74, 6) is -0.568. The number of halogens is 1. The Morgan fingerprint density at radius 1 is 1.13 bits per heavy atom. The number of guanidine groups is 1. The molecule has 0 spiro atoms. The molecule has 39 heavy (non-hydrogen) atoms. The molecule has 1 heterocycles. The van der Waals surface area contributed by atoms with Crippen molar-refractivity contribution in [1.82, 2.24) is 21.3 Å². The largest absolute Gasteiger partial charge is 0.507 e. The number of hydrogen-bond donors (Lipinski definition) is 5. The molecule has 0 aromatic heterocycles. The number of phenols is 1. The second kappa shape index (κ2) is 16.6. The van der Waals surface area contributed by atoms with E-state index >= 15 is 0 Å². The summed E-state index contributed by atoms with van der Waals surface area (Å²) in [5.41, 5.74) is 0.754. The molecule has 0 saturated heterocycles. The van der Waals surface area contributed by atoms with Gasteiger partial charge in [0.25, 0.3) is 5.91 Å². The smallest absolute Gasteiger partial charge is 0.408 e. The fourth-order valence-electron chi connectivity index (χ4n) is 3.42. The van der Waals surface area contributed by atoms with Crippen LogP contribution < -0.4 is 26.0 Å². The van der Waals surface area contributed by atoms with Gasteiger partial charge in [-0.05, 0) is 31.0 Å². The van der Waals surface area contributed by atoms with Gasteiger partial charge in [-0.1, -0.05) is 30.3 Å². The SMILES string of the molecule is CCOC(=O)[C@H](CNC(=O)c1ccc(OCCNC2=NCCCN2)cc1O)NC(=O)OCc1ccccc1.Cl. The maximum absolute atomic E-state index is 12.7. The highest BCUT2D eigenvalue weighted by Gasteiger charge is 2.24. The molecule has 2 amide bonds. The molecule has 0 fully saturated rings. The Morgan fingerprint density at radius 3 is 2.62 bits per heavy atom. The first kappa shape index (κ1) is 31.0. The van der Waals surface area contributed by atoms with Crippen LogP contribution in [-0.2, 0) is 20.9 Å². The van der Waals surface area contributed by atoms with Crippen molar-refractivity contribution < 1.29 is 33.7 Å². The summed E-state index contributed by atoms with van der Waals surface area (Å²) in [6, 6.07) is 12.1. The fourth-order valence-corrected chi connectivity index (χ4v) is 3.42. The van der Waals surface area contributed by atoms with Gasteiger partial charge in [-0.3, -0.25) is 9.79 Å². The average molecular weight is 564 g/mol. The Labute approximate surface area is 232 Å². The predicted molar refractivity (Wildman–Crippen MR) is 146 cm³/mol. The topological polar surface area (TPSA) is 160 Å². The number of aliphatic imine (C=N–C) groups is 1. The standard InChI is InChI=1S/C26H33N5O7.ClH/c1-2-36-24(34)21(31-26(35)38-17-18-7-4-3-5-8-18)16-30-23(33)20-10-9-19(15-22(20)32)37-14-13-29-25-27-11-6-12-28-25;/h3-5,7-10,15,21,32H,2,6,11-14,16-17H2,1H3,(H,30,33)(H,31,35)(H2,27,28,29);1H/t21-;/m0./s1. The van der Waals surface area contributed by atoms with Crippen molar-refractivity contribution in [3.8, 4) is 11.5 Å². The van der Waals surface area contributed by atoms with Crippen molar-refractivity contribution >= 4 is 36.3 Å². The number of carbonyl (C=O) groups excluding carboxylic acids is 3. The zero-order valence-corrected chi connectivity index (χ0v) is 22.4. The van der Waals surface area contributed by atoms with Crippen LogP contribution >= 0.6 is 12.4 Å². The van der Waals surface area contributed by atoms with Gasteiger partial charge in [0.2, 0.25) is 0 Å². The first-order valence-corrected chi connectivity index (χ1v) is 12.4. The second-order valence-electron chi connectivity index (χ2n) is 8.19. The number of ether oxygens (including phenoxy) is 3. The van der Waals surface area contributed by atoms with Gasteiger partial charge in [-0.15, -0.1) is 12.4 Å². The van der Waals surface area contributed by atoms with Crippen LogP contribution in [0.1, 0.15) is 29.3 Å². The Hall–Kier alpha value is -4.19. The summed E-state index contributed by atoms with van der Waals surface area (Å²) in [7, 11) is 0. The van der Waals surface area contributed by atoms with E-state index in [-0.39, 0.29) is 43.5 Å². The number of amides is 2. The third-order valence-electron chi connectivity index (χ3n) is 5.32. The van der Waals surface area contributed by atoms with Crippen molar-refractivity contribution in [2.75, 3.05) is 39.4 Å². The first-order valence-electron chi connectivity index (χ1n) is 12.4. The summed E-state index contributed by atoms with van der Waals surface area (Å²) >= 11 is 0. The second-order valence-corrected chi connectivity index (χ2v) is 8.19. The number of alkyl carbamates (subject to hydrolysis) is 1. The molecule has 5 N–H and O–H groups in total. The lowest BCUT2D eigenvalue weighted by molar-refractivity contribution is -0.145. The van der Waals surface area contributed by atoms with Gasteiger partial charge in [0.05, 0.1) is 18.7 Å². The van der Waals surface area contributed by atoms with Crippen molar-refractivity contribution in [2.45, 2.75) is 26.0 Å². The van der Waals surface area contributed by atoms with E-state index in [1.807, 2.05) is 18.2 Å². The highest BCUT2D eigenvalue weighted by Crippen LogP contribution is 2.23. The maximum atomic E-state index is 12.7. The fraction of sp³-hybridized carbons (Fsp3) is 0.385. The molecule has 1 aliphatic heterocycles. The molecule has 0 radical (unpaired) electrons. The van der Waals surface area contributed by atoms with E-state index in [1.165, 1.54) is 12.1 Å². The number of esters is 1. The monoisotopic (exact) mass is 563 g/mol. The number of carbonyl (C=O) groups is 3. The van der Waals surface area contributed by atoms with Gasteiger partial charge in [-0.2, -0.15) is 0 Å². The summed E-state index contributed by atoms with van der Waals surface area (Å²) in [5, 5.41) is 21.5. The summed E-state index contributed by atoms with van der Waals surface area (Å²) in [6.07, 6.45) is 0.161. The number of nitrogens with one attached hydrogen (secondary N) is 4. The van der Waals surface area contributed by atoms with E-state index in [0.717, 1.165) is 31.0 Å². The van der Waals surface area contributed by atoms with Crippen LogP contribution in [0.25, 0.3) is 0 Å². The lowest BCUT2D eigenvalue weighted by Gasteiger charge is -2.18. The van der Waals surface area contributed by atoms with Gasteiger partial charge in [0.1, 0.15) is 30.8 Å². The van der Waals surface area contributed by atoms with E-state index in [2.05, 4.69) is 26.3 Å². The average Bonchev–Trinajstić information content (AvgIpc) is 2.93. The van der Waals surface area contributed by atoms with Crippen LogP contribution in [0.3, 0.4) is 0 Å². The summed E-state index contributed by atoms with van der Waals surface area (Å²) < 4.78 is 15.7. The molecule has 12 nitrogen and oxygen atoms in total. The zero-order chi connectivity index (χ0) is 27.2. The molecule has 2 aromatic rings. The van der Waals surface area contributed by atoms with Crippen molar-refractivity contribution in [3.63, 3.8) is 0 Å². The quantitative estimate of drug-likeness (QED) is 0.191. The Bertz CT molecular complexity index is 1120. The zero-order valence-electron chi connectivity index (χ0n) is 21.6. The Morgan fingerprint density at radius 2 is 1.92 bits per heavy atom. The van der Waals surface area contributed by atoms with Gasteiger partial charge in [-0.25, -0.2) is 9.59 Å². The summed E-state index contributed by atoms with van der Waals surface area (Å²) in [4.78, 5) is 41.5. The van der Waals surface area contributed by atoms with Crippen LogP contribution in [0.15, 0.2) is 53.5 Å². The highest BCUT2D eigenvalue weighted by atomic mass is 35.5. The normalized spacial score (nSPS) is 12.9. The van der Waals surface area contributed by atoms with Crippen LogP contribution in [0.5, 0.6) is 11.5 Å². The molecule has 13 heteroatoms. The number of benzene rings is 2. The van der Waals surface area contributed by atoms with E-state index in [1.54, 1.807) is 25.1 Å². The molecule has 0 bridgehead atoms. The molecule has 1 atom stereocenters. The number of rotatable bonds is 12. The Kier molecular flexibility index (Phi) is 13.2. The minimum Gasteiger partial charge on any atom is -0.507 e. The van der Waals surface area contributed by atoms with Gasteiger partial charge >= 0.3 is 12.1 Å². The molecule has 0 saturated carbocycles. The lowest BCUT2D eigenvalue weighted by atomic mass is 10.1. The first-order chi connectivity index (χ1) is 18.5. The third kappa shape index (κ3) is 10.6. The van der Waals surface area contributed by atoms with Gasteiger partial charge < -0.3 is 40.6 Å². The Balaban J connectivity index is 0.00000533. The third-order valence-corrected chi connectivity index (χ3v) is 5.32. The molecular formula is C26H34ClN5O7. The van der Waals surface area contributed by atoms with Crippen LogP contribution in [0, 0.1) is 0 Å². The predicted octanol–water partition coefficient (Wildman–Crippen LogP) is 1.72. The molecule has 3 rings (SSSR count).